The van der Waals surface area contributed by atoms with Crippen molar-refractivity contribution >= 4 is 5.97 Å². The Morgan fingerprint density at radius 2 is 2.12 bits per heavy atom. The second-order valence-electron chi connectivity index (χ2n) is 4.96. The van der Waals surface area contributed by atoms with Crippen LogP contribution in [0, 0.1) is 5.92 Å². The van der Waals surface area contributed by atoms with Crippen LogP contribution in [0.4, 0.5) is 0 Å². The van der Waals surface area contributed by atoms with E-state index >= 15 is 0 Å². The Labute approximate surface area is 97.8 Å². The molecule has 1 rings (SSSR count). The molecule has 0 aromatic carbocycles. The predicted molar refractivity (Wildman–Crippen MR) is 64.3 cm³/mol. The summed E-state index contributed by atoms with van der Waals surface area (Å²) in [7, 11) is 2.03. The molecule has 4 nitrogen and oxygen atoms in total. The third kappa shape index (κ3) is 3.46. The van der Waals surface area contributed by atoms with E-state index in [0.29, 0.717) is 12.0 Å². The molecule has 0 aliphatic heterocycles. The monoisotopic (exact) mass is 228 g/mol. The van der Waals surface area contributed by atoms with Gasteiger partial charge in [-0.15, -0.1) is 0 Å². The number of rotatable bonds is 5. The van der Waals surface area contributed by atoms with E-state index in [1.165, 1.54) is 19.3 Å². The molecule has 1 saturated carbocycles. The molecule has 16 heavy (non-hydrogen) atoms. The normalized spacial score (nSPS) is 28.0. The van der Waals surface area contributed by atoms with Crippen molar-refractivity contribution in [2.45, 2.75) is 51.1 Å². The molecular formula is C12H24N2O2. The first-order valence-electron chi connectivity index (χ1n) is 6.20. The Morgan fingerprint density at radius 1 is 1.50 bits per heavy atom. The van der Waals surface area contributed by atoms with Crippen LogP contribution in [0.5, 0.6) is 0 Å². The maximum Gasteiger partial charge on any atom is 0.304 e. The van der Waals surface area contributed by atoms with E-state index in [2.05, 4.69) is 4.90 Å². The van der Waals surface area contributed by atoms with Gasteiger partial charge in [-0.3, -0.25) is 9.69 Å². The van der Waals surface area contributed by atoms with Gasteiger partial charge in [0.05, 0.1) is 6.42 Å². The number of carbonyl (C=O) groups is 1. The van der Waals surface area contributed by atoms with Gasteiger partial charge in [0.25, 0.3) is 0 Å². The fourth-order valence-electron chi connectivity index (χ4n) is 2.72. The van der Waals surface area contributed by atoms with Crippen LogP contribution in [-0.2, 0) is 4.79 Å². The van der Waals surface area contributed by atoms with Gasteiger partial charge in [-0.25, -0.2) is 0 Å². The summed E-state index contributed by atoms with van der Waals surface area (Å²) < 4.78 is 0. The van der Waals surface area contributed by atoms with E-state index < -0.39 is 5.97 Å². The predicted octanol–water partition coefficient (Wildman–Crippen LogP) is 1.30. The summed E-state index contributed by atoms with van der Waals surface area (Å²) >= 11 is 0. The van der Waals surface area contributed by atoms with Crippen LogP contribution in [-0.4, -0.2) is 41.7 Å². The molecule has 3 unspecified atom stereocenters. The number of hydrogen-bond acceptors (Lipinski definition) is 3. The lowest BCUT2D eigenvalue weighted by molar-refractivity contribution is -0.138. The van der Waals surface area contributed by atoms with E-state index in [0.717, 1.165) is 13.0 Å². The van der Waals surface area contributed by atoms with Crippen molar-refractivity contribution in [3.63, 3.8) is 0 Å². The van der Waals surface area contributed by atoms with Crippen molar-refractivity contribution in [1.82, 2.24) is 4.90 Å². The third-order valence-corrected chi connectivity index (χ3v) is 3.86. The maximum atomic E-state index is 10.7. The average molecular weight is 228 g/mol. The average Bonchev–Trinajstić information content (AvgIpc) is 2.27. The molecule has 0 amide bonds. The summed E-state index contributed by atoms with van der Waals surface area (Å²) in [6.07, 6.45) is 5.06. The standard InChI is InChI=1S/C12H24N2O2/c1-9(7-12(15)16)14(2)11-6-4-3-5-10(11)8-13/h9-11H,3-8,13H2,1-2H3,(H,15,16). The topological polar surface area (TPSA) is 66.6 Å². The lowest BCUT2D eigenvalue weighted by Crippen LogP contribution is -2.47. The SMILES string of the molecule is CC(CC(=O)O)N(C)C1CCCCC1CN. The van der Waals surface area contributed by atoms with Crippen LogP contribution in [0.2, 0.25) is 0 Å². The molecule has 4 heteroatoms. The Kier molecular flexibility index (Phi) is 5.22. The van der Waals surface area contributed by atoms with E-state index in [1.54, 1.807) is 0 Å². The summed E-state index contributed by atoms with van der Waals surface area (Å²) in [4.78, 5) is 12.9. The van der Waals surface area contributed by atoms with Crippen LogP contribution in [0.1, 0.15) is 39.0 Å². The molecule has 1 fully saturated rings. The third-order valence-electron chi connectivity index (χ3n) is 3.86. The van der Waals surface area contributed by atoms with Crippen LogP contribution < -0.4 is 5.73 Å². The number of nitrogens with two attached hydrogens (primary N) is 1. The van der Waals surface area contributed by atoms with Crippen LogP contribution in [0.3, 0.4) is 0 Å². The zero-order valence-corrected chi connectivity index (χ0v) is 10.4. The lowest BCUT2D eigenvalue weighted by atomic mass is 9.83. The molecule has 0 spiro atoms. The fraction of sp³-hybridized carbons (Fsp3) is 0.917. The highest BCUT2D eigenvalue weighted by molar-refractivity contribution is 5.67. The van der Waals surface area contributed by atoms with Crippen molar-refractivity contribution in [2.75, 3.05) is 13.6 Å². The van der Waals surface area contributed by atoms with Gasteiger partial charge in [-0.2, -0.15) is 0 Å². The van der Waals surface area contributed by atoms with Gasteiger partial charge in [0.2, 0.25) is 0 Å². The molecule has 0 radical (unpaired) electrons. The first-order chi connectivity index (χ1) is 7.56. The van der Waals surface area contributed by atoms with Crippen LogP contribution in [0.25, 0.3) is 0 Å². The van der Waals surface area contributed by atoms with Crippen molar-refractivity contribution in [3.8, 4) is 0 Å². The Morgan fingerprint density at radius 3 is 2.69 bits per heavy atom. The number of hydrogen-bond donors (Lipinski definition) is 2. The molecule has 1 aliphatic rings. The number of carboxylic acid groups (broad SMARTS) is 1. The maximum absolute atomic E-state index is 10.7. The molecule has 0 aromatic heterocycles. The molecule has 0 heterocycles. The highest BCUT2D eigenvalue weighted by Crippen LogP contribution is 2.28. The summed E-state index contributed by atoms with van der Waals surface area (Å²) in [6.45, 7) is 2.70. The molecule has 1 aliphatic carbocycles. The molecule has 94 valence electrons. The highest BCUT2D eigenvalue weighted by atomic mass is 16.4. The highest BCUT2D eigenvalue weighted by Gasteiger charge is 2.30. The molecule has 3 atom stereocenters. The quantitative estimate of drug-likeness (QED) is 0.744. The van der Waals surface area contributed by atoms with Crippen LogP contribution >= 0.6 is 0 Å². The van der Waals surface area contributed by atoms with Crippen molar-refractivity contribution in [1.29, 1.82) is 0 Å². The smallest absolute Gasteiger partial charge is 0.304 e. The minimum Gasteiger partial charge on any atom is -0.481 e. The van der Waals surface area contributed by atoms with Crippen molar-refractivity contribution < 1.29 is 9.90 Å². The van der Waals surface area contributed by atoms with Crippen molar-refractivity contribution in [3.05, 3.63) is 0 Å². The molecule has 0 aromatic rings. The summed E-state index contributed by atoms with van der Waals surface area (Å²) in [5.41, 5.74) is 5.79. The lowest BCUT2D eigenvalue weighted by Gasteiger charge is -2.40. The van der Waals surface area contributed by atoms with Gasteiger partial charge < -0.3 is 10.8 Å². The molecule has 0 bridgehead atoms. The molecular weight excluding hydrogens is 204 g/mol. The van der Waals surface area contributed by atoms with Crippen molar-refractivity contribution in [2.24, 2.45) is 11.7 Å². The van der Waals surface area contributed by atoms with E-state index in [1.807, 2.05) is 14.0 Å². The van der Waals surface area contributed by atoms with Gasteiger partial charge in [0, 0.05) is 12.1 Å². The number of nitrogens with zero attached hydrogens (tertiary/aromatic N) is 1. The second kappa shape index (κ2) is 6.21. The summed E-state index contributed by atoms with van der Waals surface area (Å²) in [6, 6.07) is 0.558. The minimum absolute atomic E-state index is 0.0923. The second-order valence-corrected chi connectivity index (χ2v) is 4.96. The van der Waals surface area contributed by atoms with Gasteiger partial charge in [-0.05, 0) is 39.3 Å². The number of carboxylic acids is 1. The van der Waals surface area contributed by atoms with E-state index in [9.17, 15) is 4.79 Å². The Hall–Kier alpha value is -0.610. The van der Waals surface area contributed by atoms with Gasteiger partial charge in [0.1, 0.15) is 0 Å². The largest absolute Gasteiger partial charge is 0.481 e. The number of aliphatic carboxylic acids is 1. The van der Waals surface area contributed by atoms with Gasteiger partial charge >= 0.3 is 5.97 Å². The fourth-order valence-corrected chi connectivity index (χ4v) is 2.72. The Balaban J connectivity index is 2.55. The first-order valence-corrected chi connectivity index (χ1v) is 6.20. The zero-order chi connectivity index (χ0) is 12.1. The Bertz CT molecular complexity index is 233. The minimum atomic E-state index is -0.723. The summed E-state index contributed by atoms with van der Waals surface area (Å²) in [5.74, 6) is -0.186. The zero-order valence-electron chi connectivity index (χ0n) is 10.4. The van der Waals surface area contributed by atoms with E-state index in [-0.39, 0.29) is 12.5 Å². The van der Waals surface area contributed by atoms with Gasteiger partial charge in [-0.1, -0.05) is 12.8 Å². The van der Waals surface area contributed by atoms with E-state index in [4.69, 9.17) is 10.8 Å². The first kappa shape index (κ1) is 13.5. The van der Waals surface area contributed by atoms with Gasteiger partial charge in [0.15, 0.2) is 0 Å². The molecule has 3 N–H and O–H groups in total. The van der Waals surface area contributed by atoms with Crippen LogP contribution in [0.15, 0.2) is 0 Å². The molecule has 0 saturated heterocycles. The summed E-state index contributed by atoms with van der Waals surface area (Å²) in [5, 5.41) is 8.80.